The molecule has 0 saturated heterocycles. The van der Waals surface area contributed by atoms with Gasteiger partial charge in [-0.1, -0.05) is 27.7 Å². The van der Waals surface area contributed by atoms with Gasteiger partial charge in [0.25, 0.3) is 0 Å². The number of hydrogen-bond acceptors (Lipinski definition) is 2. The molecule has 72 valence electrons. The van der Waals surface area contributed by atoms with Gasteiger partial charge in [-0.15, -0.1) is 0 Å². The van der Waals surface area contributed by atoms with Crippen LogP contribution in [0.4, 0.5) is 0 Å². The maximum Gasteiger partial charge on any atom is 0.147 e. The first kappa shape index (κ1) is 11.8. The fourth-order valence-electron chi connectivity index (χ4n) is 0.756. The Labute approximate surface area is 77.2 Å². The van der Waals surface area contributed by atoms with E-state index in [0.717, 1.165) is 0 Å². The van der Waals surface area contributed by atoms with Gasteiger partial charge in [-0.25, -0.2) is 0 Å². The molecule has 0 radical (unpaired) electrons. The highest BCUT2D eigenvalue weighted by atomic mass is 32.2. The Morgan fingerprint density at radius 1 is 1.25 bits per heavy atom. The number of Topliss-reactive ketones (excluding diaryl/α,β-unsaturated/α-hetero) is 1. The van der Waals surface area contributed by atoms with Crippen molar-refractivity contribution in [3.63, 3.8) is 0 Å². The van der Waals surface area contributed by atoms with Crippen LogP contribution in [0.15, 0.2) is 0 Å². The summed E-state index contributed by atoms with van der Waals surface area (Å²) in [5.41, 5.74) is 0. The minimum atomic E-state index is -0.950. The summed E-state index contributed by atoms with van der Waals surface area (Å²) in [6, 6.07) is 0. The predicted molar refractivity (Wildman–Crippen MR) is 52.6 cm³/mol. The standard InChI is InChI=1S/C9H18O2S/c1-7(2)5-12(11)6-9(10)8(3)4/h7-8H,5-6H2,1-4H3. The molecule has 0 saturated carbocycles. The monoisotopic (exact) mass is 190 g/mol. The van der Waals surface area contributed by atoms with Crippen LogP contribution in [0.5, 0.6) is 0 Å². The average Bonchev–Trinajstić information content (AvgIpc) is 1.84. The number of hydrogen-bond donors (Lipinski definition) is 0. The van der Waals surface area contributed by atoms with Crippen molar-refractivity contribution in [2.75, 3.05) is 11.5 Å². The van der Waals surface area contributed by atoms with Gasteiger partial charge in [-0.05, 0) is 5.92 Å². The summed E-state index contributed by atoms with van der Waals surface area (Å²) in [5, 5.41) is 0. The molecule has 0 aromatic rings. The summed E-state index contributed by atoms with van der Waals surface area (Å²) in [4.78, 5) is 11.1. The first-order valence-corrected chi connectivity index (χ1v) is 5.80. The summed E-state index contributed by atoms with van der Waals surface area (Å²) >= 11 is 0. The normalized spacial score (nSPS) is 13.8. The number of rotatable bonds is 5. The van der Waals surface area contributed by atoms with Crippen molar-refractivity contribution >= 4 is 16.6 Å². The molecular formula is C9H18O2S. The van der Waals surface area contributed by atoms with Crippen LogP contribution < -0.4 is 0 Å². The van der Waals surface area contributed by atoms with Gasteiger partial charge < -0.3 is 0 Å². The van der Waals surface area contributed by atoms with Crippen LogP contribution in [0, 0.1) is 11.8 Å². The molecule has 12 heavy (non-hydrogen) atoms. The highest BCUT2D eigenvalue weighted by molar-refractivity contribution is 7.85. The highest BCUT2D eigenvalue weighted by Gasteiger charge is 2.12. The summed E-state index contributed by atoms with van der Waals surface area (Å²) in [5.74, 6) is 1.40. The van der Waals surface area contributed by atoms with Crippen molar-refractivity contribution < 1.29 is 9.00 Å². The molecular weight excluding hydrogens is 172 g/mol. The SMILES string of the molecule is CC(C)CS(=O)CC(=O)C(C)C. The maximum atomic E-state index is 11.3. The molecule has 0 amide bonds. The van der Waals surface area contributed by atoms with E-state index in [1.807, 2.05) is 27.7 Å². The maximum absolute atomic E-state index is 11.3. The second-order valence-corrected chi connectivity index (χ2v) is 5.27. The van der Waals surface area contributed by atoms with Crippen LogP contribution in [0.25, 0.3) is 0 Å². The zero-order valence-electron chi connectivity index (χ0n) is 8.29. The number of ketones is 1. The fraction of sp³-hybridized carbons (Fsp3) is 0.889. The van der Waals surface area contributed by atoms with E-state index in [1.165, 1.54) is 0 Å². The molecule has 0 spiro atoms. The molecule has 2 nitrogen and oxygen atoms in total. The van der Waals surface area contributed by atoms with Gasteiger partial charge in [0, 0.05) is 22.5 Å². The van der Waals surface area contributed by atoms with Crippen LogP contribution in [-0.2, 0) is 15.6 Å². The second kappa shape index (κ2) is 5.46. The van der Waals surface area contributed by atoms with Crippen molar-refractivity contribution in [1.29, 1.82) is 0 Å². The molecule has 0 aromatic heterocycles. The van der Waals surface area contributed by atoms with Gasteiger partial charge in [0.15, 0.2) is 0 Å². The average molecular weight is 190 g/mol. The topological polar surface area (TPSA) is 34.1 Å². The Kier molecular flexibility index (Phi) is 5.38. The van der Waals surface area contributed by atoms with E-state index in [9.17, 15) is 9.00 Å². The summed E-state index contributed by atoms with van der Waals surface area (Å²) in [7, 11) is -0.950. The van der Waals surface area contributed by atoms with Gasteiger partial charge >= 0.3 is 0 Å². The molecule has 0 fully saturated rings. The Bertz CT molecular complexity index is 173. The van der Waals surface area contributed by atoms with Gasteiger partial charge in [-0.2, -0.15) is 0 Å². The van der Waals surface area contributed by atoms with Crippen molar-refractivity contribution in [3.8, 4) is 0 Å². The molecule has 0 aliphatic heterocycles. The molecule has 3 heteroatoms. The van der Waals surface area contributed by atoms with E-state index >= 15 is 0 Å². The third-order valence-electron chi connectivity index (χ3n) is 1.47. The molecule has 1 atom stereocenters. The molecule has 0 aliphatic carbocycles. The second-order valence-electron chi connectivity index (χ2n) is 3.77. The minimum absolute atomic E-state index is 0.0149. The van der Waals surface area contributed by atoms with E-state index in [-0.39, 0.29) is 17.5 Å². The lowest BCUT2D eigenvalue weighted by Gasteiger charge is -2.05. The molecule has 0 heterocycles. The lowest BCUT2D eigenvalue weighted by atomic mass is 10.1. The minimum Gasteiger partial charge on any atom is -0.298 e. The summed E-state index contributed by atoms with van der Waals surface area (Å²) < 4.78 is 11.3. The first-order valence-electron chi connectivity index (χ1n) is 4.31. The fourth-order valence-corrected chi connectivity index (χ4v) is 2.27. The molecule has 1 unspecified atom stereocenters. The molecule has 0 N–H and O–H groups in total. The van der Waals surface area contributed by atoms with Crippen molar-refractivity contribution in [3.05, 3.63) is 0 Å². The van der Waals surface area contributed by atoms with E-state index in [4.69, 9.17) is 0 Å². The predicted octanol–water partition coefficient (Wildman–Crippen LogP) is 1.62. The Balaban J connectivity index is 3.77. The van der Waals surface area contributed by atoms with Gasteiger partial charge in [-0.3, -0.25) is 9.00 Å². The van der Waals surface area contributed by atoms with Crippen LogP contribution >= 0.6 is 0 Å². The third kappa shape index (κ3) is 5.47. The summed E-state index contributed by atoms with van der Waals surface area (Å²) in [6.45, 7) is 7.71. The molecule has 0 bridgehead atoms. The highest BCUT2D eigenvalue weighted by Crippen LogP contribution is 2.00. The molecule has 0 rings (SSSR count). The van der Waals surface area contributed by atoms with E-state index in [0.29, 0.717) is 11.7 Å². The van der Waals surface area contributed by atoms with Gasteiger partial charge in [0.2, 0.25) is 0 Å². The van der Waals surface area contributed by atoms with Crippen LogP contribution in [0.2, 0.25) is 0 Å². The number of carbonyl (C=O) groups excluding carboxylic acids is 1. The lowest BCUT2D eigenvalue weighted by Crippen LogP contribution is -2.19. The third-order valence-corrected chi connectivity index (χ3v) is 3.11. The van der Waals surface area contributed by atoms with Crippen LogP contribution in [0.3, 0.4) is 0 Å². The largest absolute Gasteiger partial charge is 0.298 e. The lowest BCUT2D eigenvalue weighted by molar-refractivity contribution is -0.119. The zero-order chi connectivity index (χ0) is 9.72. The molecule has 0 aromatic carbocycles. The molecule has 0 aliphatic rings. The summed E-state index contributed by atoms with van der Waals surface area (Å²) in [6.07, 6.45) is 0. The Morgan fingerprint density at radius 2 is 1.75 bits per heavy atom. The zero-order valence-corrected chi connectivity index (χ0v) is 9.11. The number of carbonyl (C=O) groups is 1. The quantitative estimate of drug-likeness (QED) is 0.660. The van der Waals surface area contributed by atoms with Crippen molar-refractivity contribution in [2.45, 2.75) is 27.7 Å². The van der Waals surface area contributed by atoms with Crippen LogP contribution in [0.1, 0.15) is 27.7 Å². The van der Waals surface area contributed by atoms with E-state index < -0.39 is 10.8 Å². The Hall–Kier alpha value is -0.180. The van der Waals surface area contributed by atoms with Gasteiger partial charge in [0.05, 0.1) is 5.75 Å². The smallest absolute Gasteiger partial charge is 0.147 e. The van der Waals surface area contributed by atoms with E-state index in [1.54, 1.807) is 0 Å². The van der Waals surface area contributed by atoms with Crippen molar-refractivity contribution in [2.24, 2.45) is 11.8 Å². The van der Waals surface area contributed by atoms with Gasteiger partial charge in [0.1, 0.15) is 5.78 Å². The van der Waals surface area contributed by atoms with E-state index in [2.05, 4.69) is 0 Å². The van der Waals surface area contributed by atoms with Crippen LogP contribution in [-0.4, -0.2) is 21.5 Å². The first-order chi connectivity index (χ1) is 5.43. The van der Waals surface area contributed by atoms with Crippen molar-refractivity contribution in [1.82, 2.24) is 0 Å². The Morgan fingerprint density at radius 3 is 2.08 bits per heavy atom.